The molecule has 3 nitrogen and oxygen atoms in total. The normalized spacial score (nSPS) is 10.4. The van der Waals surface area contributed by atoms with E-state index in [1.54, 1.807) is 25.4 Å². The van der Waals surface area contributed by atoms with Crippen molar-refractivity contribution in [2.45, 2.75) is 6.54 Å². The van der Waals surface area contributed by atoms with E-state index < -0.39 is 0 Å². The number of hydrogen-bond acceptors (Lipinski definition) is 3. The summed E-state index contributed by atoms with van der Waals surface area (Å²) in [6.45, 7) is 0.471. The van der Waals surface area contributed by atoms with Crippen molar-refractivity contribution in [2.75, 3.05) is 7.05 Å². The van der Waals surface area contributed by atoms with Gasteiger partial charge in [-0.05, 0) is 25.2 Å². The molecule has 0 atom stereocenters. The summed E-state index contributed by atoms with van der Waals surface area (Å²) in [5, 5.41) is 10.7. The molecule has 16 heavy (non-hydrogen) atoms. The van der Waals surface area contributed by atoms with E-state index >= 15 is 0 Å². The predicted molar refractivity (Wildman–Crippen MR) is 60.2 cm³/mol. The highest BCUT2D eigenvalue weighted by molar-refractivity contribution is 5.63. The summed E-state index contributed by atoms with van der Waals surface area (Å²) in [7, 11) is 1.78. The van der Waals surface area contributed by atoms with Gasteiger partial charge in [0.05, 0.1) is 5.69 Å². The molecule has 0 spiro atoms. The minimum absolute atomic E-state index is 0.225. The Morgan fingerprint density at radius 1 is 1.25 bits per heavy atom. The van der Waals surface area contributed by atoms with Gasteiger partial charge >= 0.3 is 0 Å². The van der Waals surface area contributed by atoms with Crippen LogP contribution in [-0.2, 0) is 6.54 Å². The lowest BCUT2D eigenvalue weighted by Gasteiger charge is -2.08. The second-order valence-electron chi connectivity index (χ2n) is 3.41. The van der Waals surface area contributed by atoms with Crippen LogP contribution in [0.2, 0.25) is 0 Å². The van der Waals surface area contributed by atoms with Gasteiger partial charge in [0.15, 0.2) is 0 Å². The third-order valence-electron chi connectivity index (χ3n) is 2.32. The molecule has 1 aromatic carbocycles. The zero-order chi connectivity index (χ0) is 11.4. The summed E-state index contributed by atoms with van der Waals surface area (Å²) in [5.74, 6) is -0.225. The topological polar surface area (TPSA) is 37.8 Å². The zero-order valence-electron chi connectivity index (χ0n) is 8.94. The number of aromatic nitrogens is 2. The molecule has 1 N–H and O–H groups in total. The number of rotatable bonds is 3. The van der Waals surface area contributed by atoms with Gasteiger partial charge in [0.25, 0.3) is 0 Å². The Morgan fingerprint density at radius 3 is 2.81 bits per heavy atom. The predicted octanol–water partition coefficient (Wildman–Crippen LogP) is 2.00. The first kappa shape index (κ1) is 10.7. The van der Waals surface area contributed by atoms with Crippen molar-refractivity contribution in [1.82, 2.24) is 15.5 Å². The third kappa shape index (κ3) is 2.06. The smallest absolute Gasteiger partial charge is 0.128 e. The highest BCUT2D eigenvalue weighted by Crippen LogP contribution is 2.23. The lowest BCUT2D eigenvalue weighted by Crippen LogP contribution is -2.09. The highest BCUT2D eigenvalue weighted by Gasteiger charge is 2.10. The minimum atomic E-state index is -0.225. The number of nitrogens with one attached hydrogen (secondary N) is 1. The molecule has 0 aliphatic heterocycles. The first-order valence-electron chi connectivity index (χ1n) is 5.03. The fourth-order valence-electron chi connectivity index (χ4n) is 1.60. The molecule has 0 saturated carbocycles. The lowest BCUT2D eigenvalue weighted by molar-refractivity contribution is 0.601. The van der Waals surface area contributed by atoms with Crippen LogP contribution in [0.5, 0.6) is 0 Å². The summed E-state index contributed by atoms with van der Waals surface area (Å²) >= 11 is 0. The Morgan fingerprint density at radius 2 is 2.12 bits per heavy atom. The fraction of sp³-hybridized carbons (Fsp3) is 0.167. The molecule has 0 bridgehead atoms. The zero-order valence-corrected chi connectivity index (χ0v) is 8.94. The monoisotopic (exact) mass is 217 g/mol. The van der Waals surface area contributed by atoms with Crippen LogP contribution in [0, 0.1) is 5.82 Å². The fourth-order valence-corrected chi connectivity index (χ4v) is 1.60. The number of halogens is 1. The summed E-state index contributed by atoms with van der Waals surface area (Å²) in [6, 6.07) is 8.59. The SMILES string of the molecule is CNCc1c(F)cccc1-c1cccnn1. The third-order valence-corrected chi connectivity index (χ3v) is 2.32. The number of benzene rings is 1. The summed E-state index contributed by atoms with van der Waals surface area (Å²) in [5.41, 5.74) is 2.08. The van der Waals surface area contributed by atoms with Crippen LogP contribution in [0.3, 0.4) is 0 Å². The minimum Gasteiger partial charge on any atom is -0.316 e. The van der Waals surface area contributed by atoms with Gasteiger partial charge in [0, 0.05) is 23.9 Å². The highest BCUT2D eigenvalue weighted by atomic mass is 19.1. The summed E-state index contributed by atoms with van der Waals surface area (Å²) in [6.07, 6.45) is 1.60. The van der Waals surface area contributed by atoms with Crippen LogP contribution in [0.25, 0.3) is 11.3 Å². The Bertz CT molecular complexity index is 471. The lowest BCUT2D eigenvalue weighted by atomic mass is 10.0. The van der Waals surface area contributed by atoms with Gasteiger partial charge in [0.2, 0.25) is 0 Å². The molecule has 0 aliphatic rings. The van der Waals surface area contributed by atoms with Gasteiger partial charge in [0.1, 0.15) is 5.82 Å². The Hall–Kier alpha value is -1.81. The average Bonchev–Trinajstić information content (AvgIpc) is 2.33. The maximum Gasteiger partial charge on any atom is 0.128 e. The van der Waals surface area contributed by atoms with Gasteiger partial charge in [-0.25, -0.2) is 4.39 Å². The molecule has 82 valence electrons. The average molecular weight is 217 g/mol. The number of nitrogens with zero attached hydrogens (tertiary/aromatic N) is 2. The van der Waals surface area contributed by atoms with E-state index in [2.05, 4.69) is 15.5 Å². The molecular weight excluding hydrogens is 205 g/mol. The first-order chi connectivity index (χ1) is 7.83. The van der Waals surface area contributed by atoms with Crippen LogP contribution in [0.15, 0.2) is 36.5 Å². The van der Waals surface area contributed by atoms with Crippen molar-refractivity contribution in [3.63, 3.8) is 0 Å². The van der Waals surface area contributed by atoms with Gasteiger partial charge in [-0.1, -0.05) is 12.1 Å². The van der Waals surface area contributed by atoms with Crippen LogP contribution >= 0.6 is 0 Å². The maximum atomic E-state index is 13.6. The molecule has 4 heteroatoms. The van der Waals surface area contributed by atoms with Crippen LogP contribution in [0.4, 0.5) is 4.39 Å². The van der Waals surface area contributed by atoms with E-state index in [9.17, 15) is 4.39 Å². The first-order valence-corrected chi connectivity index (χ1v) is 5.03. The molecule has 0 amide bonds. The van der Waals surface area contributed by atoms with Crippen LogP contribution < -0.4 is 5.32 Å². The van der Waals surface area contributed by atoms with Crippen molar-refractivity contribution in [3.8, 4) is 11.3 Å². The molecule has 2 aromatic rings. The largest absolute Gasteiger partial charge is 0.316 e. The van der Waals surface area contributed by atoms with Crippen molar-refractivity contribution < 1.29 is 4.39 Å². The summed E-state index contributed by atoms with van der Waals surface area (Å²) < 4.78 is 13.6. The van der Waals surface area contributed by atoms with Gasteiger partial charge < -0.3 is 5.32 Å². The van der Waals surface area contributed by atoms with E-state index in [0.29, 0.717) is 17.8 Å². The van der Waals surface area contributed by atoms with Gasteiger partial charge in [-0.3, -0.25) is 0 Å². The van der Waals surface area contributed by atoms with Crippen molar-refractivity contribution >= 4 is 0 Å². The Labute approximate surface area is 93.3 Å². The van der Waals surface area contributed by atoms with E-state index in [0.717, 1.165) is 5.56 Å². The van der Waals surface area contributed by atoms with Crippen LogP contribution in [-0.4, -0.2) is 17.2 Å². The molecule has 2 rings (SSSR count). The summed E-state index contributed by atoms with van der Waals surface area (Å²) in [4.78, 5) is 0. The molecule has 1 heterocycles. The number of hydrogen-bond donors (Lipinski definition) is 1. The maximum absolute atomic E-state index is 13.6. The van der Waals surface area contributed by atoms with E-state index in [4.69, 9.17) is 0 Å². The van der Waals surface area contributed by atoms with Crippen LogP contribution in [0.1, 0.15) is 5.56 Å². The van der Waals surface area contributed by atoms with Crippen molar-refractivity contribution in [3.05, 3.63) is 47.9 Å². The molecule has 0 unspecified atom stereocenters. The molecular formula is C12H12FN3. The van der Waals surface area contributed by atoms with Gasteiger partial charge in [-0.15, -0.1) is 0 Å². The van der Waals surface area contributed by atoms with Crippen molar-refractivity contribution in [2.24, 2.45) is 0 Å². The standard InChI is InChI=1S/C12H12FN3/c1-14-8-10-9(4-2-5-11(10)13)12-6-3-7-15-16-12/h2-7,14H,8H2,1H3. The molecule has 0 fully saturated rings. The van der Waals surface area contributed by atoms with E-state index in [-0.39, 0.29) is 5.82 Å². The molecule has 0 saturated heterocycles. The quantitative estimate of drug-likeness (QED) is 0.854. The molecule has 0 radical (unpaired) electrons. The Balaban J connectivity index is 2.52. The second-order valence-corrected chi connectivity index (χ2v) is 3.41. The van der Waals surface area contributed by atoms with Gasteiger partial charge in [-0.2, -0.15) is 10.2 Å². The molecule has 1 aromatic heterocycles. The Kier molecular flexibility index (Phi) is 3.22. The molecule has 0 aliphatic carbocycles. The van der Waals surface area contributed by atoms with E-state index in [1.807, 2.05) is 12.1 Å². The van der Waals surface area contributed by atoms with Crippen molar-refractivity contribution in [1.29, 1.82) is 0 Å². The second kappa shape index (κ2) is 4.81. The van der Waals surface area contributed by atoms with E-state index in [1.165, 1.54) is 6.07 Å².